The molecule has 0 aliphatic carbocycles. The molecule has 0 saturated carbocycles. The summed E-state index contributed by atoms with van der Waals surface area (Å²) in [6.07, 6.45) is 1.83. The third-order valence-electron chi connectivity index (χ3n) is 2.99. The van der Waals surface area contributed by atoms with Crippen LogP contribution in [0, 0.1) is 5.82 Å². The third kappa shape index (κ3) is 2.39. The summed E-state index contributed by atoms with van der Waals surface area (Å²) in [6, 6.07) is 2.43. The smallest absolute Gasteiger partial charge is 0.322 e. The minimum Gasteiger partial charge on any atom is -0.494 e. The number of nitrogens with one attached hydrogen (secondary N) is 1. The first-order chi connectivity index (χ1) is 9.08. The highest BCUT2D eigenvalue weighted by Gasteiger charge is 2.19. The van der Waals surface area contributed by atoms with Gasteiger partial charge in [0.15, 0.2) is 11.6 Å². The van der Waals surface area contributed by atoms with Crippen LogP contribution < -0.4 is 10.5 Å². The number of carbonyl (C=O) groups is 1. The number of halogens is 1. The molecule has 1 aromatic carbocycles. The molecule has 102 valence electrons. The Morgan fingerprint density at radius 2 is 2.21 bits per heavy atom. The van der Waals surface area contributed by atoms with Crippen LogP contribution in [0.1, 0.15) is 5.56 Å². The normalized spacial score (nSPS) is 12.4. The zero-order valence-corrected chi connectivity index (χ0v) is 10.7. The van der Waals surface area contributed by atoms with E-state index in [1.54, 1.807) is 12.3 Å². The third-order valence-corrected chi connectivity index (χ3v) is 2.99. The van der Waals surface area contributed by atoms with Gasteiger partial charge in [0.25, 0.3) is 0 Å². The molecule has 3 N–H and O–H groups in total. The number of carbonyl (C=O) groups excluding carboxylic acids is 1. The quantitative estimate of drug-likeness (QED) is 0.819. The van der Waals surface area contributed by atoms with Crippen LogP contribution in [0.3, 0.4) is 0 Å². The van der Waals surface area contributed by atoms with E-state index in [2.05, 4.69) is 9.72 Å². The van der Waals surface area contributed by atoms with E-state index >= 15 is 0 Å². The average Bonchev–Trinajstić information content (AvgIpc) is 2.82. The van der Waals surface area contributed by atoms with Crippen LogP contribution in [0.2, 0.25) is 0 Å². The molecule has 1 heterocycles. The fourth-order valence-corrected chi connectivity index (χ4v) is 2.02. The predicted molar refractivity (Wildman–Crippen MR) is 68.5 cm³/mol. The molecule has 0 spiro atoms. The second kappa shape index (κ2) is 5.27. The summed E-state index contributed by atoms with van der Waals surface area (Å²) in [6.45, 7) is 0. The number of hydrogen-bond acceptors (Lipinski definition) is 4. The van der Waals surface area contributed by atoms with Gasteiger partial charge in [-0.1, -0.05) is 0 Å². The van der Waals surface area contributed by atoms with Crippen molar-refractivity contribution in [2.24, 2.45) is 5.73 Å². The SMILES string of the molecule is COC(=O)[C@@H](N)Cc1c[nH]c2ccc(OC)c(F)c12. The van der Waals surface area contributed by atoms with Gasteiger partial charge in [-0.3, -0.25) is 4.79 Å². The van der Waals surface area contributed by atoms with Gasteiger partial charge in [-0.2, -0.15) is 0 Å². The van der Waals surface area contributed by atoms with Crippen molar-refractivity contribution in [1.82, 2.24) is 4.98 Å². The topological polar surface area (TPSA) is 77.3 Å². The van der Waals surface area contributed by atoms with Gasteiger partial charge >= 0.3 is 5.97 Å². The van der Waals surface area contributed by atoms with Crippen molar-refractivity contribution in [3.63, 3.8) is 0 Å². The van der Waals surface area contributed by atoms with E-state index in [1.165, 1.54) is 20.3 Å². The van der Waals surface area contributed by atoms with Crippen molar-refractivity contribution in [1.29, 1.82) is 0 Å². The summed E-state index contributed by atoms with van der Waals surface area (Å²) in [5, 5.41) is 0.388. The summed E-state index contributed by atoms with van der Waals surface area (Å²) in [5.74, 6) is -0.842. The molecular formula is C13H15FN2O3. The summed E-state index contributed by atoms with van der Waals surface area (Å²) in [7, 11) is 2.66. The zero-order chi connectivity index (χ0) is 14.0. The number of methoxy groups -OCH3 is 2. The first-order valence-corrected chi connectivity index (χ1v) is 5.74. The van der Waals surface area contributed by atoms with Crippen LogP contribution >= 0.6 is 0 Å². The van der Waals surface area contributed by atoms with Gasteiger partial charge in [0.1, 0.15) is 6.04 Å². The largest absolute Gasteiger partial charge is 0.494 e. The maximum absolute atomic E-state index is 14.2. The molecular weight excluding hydrogens is 251 g/mol. The lowest BCUT2D eigenvalue weighted by atomic mass is 10.0. The molecule has 1 atom stereocenters. The fourth-order valence-electron chi connectivity index (χ4n) is 2.02. The van der Waals surface area contributed by atoms with Crippen LogP contribution in [0.15, 0.2) is 18.3 Å². The van der Waals surface area contributed by atoms with Crippen LogP contribution in [0.5, 0.6) is 5.75 Å². The number of hydrogen-bond donors (Lipinski definition) is 2. The van der Waals surface area contributed by atoms with Crippen LogP contribution in [-0.2, 0) is 16.0 Å². The predicted octanol–water partition coefficient (Wildman–Crippen LogP) is 1.36. The lowest BCUT2D eigenvalue weighted by molar-refractivity contribution is -0.142. The van der Waals surface area contributed by atoms with E-state index in [0.29, 0.717) is 16.5 Å². The molecule has 0 amide bonds. The molecule has 6 heteroatoms. The number of nitrogens with two attached hydrogens (primary N) is 1. The second-order valence-corrected chi connectivity index (χ2v) is 4.15. The van der Waals surface area contributed by atoms with Gasteiger partial charge in [0.05, 0.1) is 14.2 Å². The molecule has 2 rings (SSSR count). The standard InChI is InChI=1S/C13H15FN2O3/c1-18-10-4-3-9-11(12(10)14)7(6-16-9)5-8(15)13(17)19-2/h3-4,6,8,16H,5,15H2,1-2H3/t8-/m0/s1. The lowest BCUT2D eigenvalue weighted by Gasteiger charge is -2.09. The molecule has 0 radical (unpaired) electrons. The van der Waals surface area contributed by atoms with Gasteiger partial charge in [-0.25, -0.2) is 4.39 Å². The Bertz CT molecular complexity index is 609. The number of aromatic amines is 1. The summed E-state index contributed by atoms with van der Waals surface area (Å²) in [5.41, 5.74) is 6.93. The Balaban J connectivity index is 2.41. The minimum atomic E-state index is -0.824. The van der Waals surface area contributed by atoms with Crippen molar-refractivity contribution < 1.29 is 18.7 Å². The molecule has 1 aromatic heterocycles. The van der Waals surface area contributed by atoms with Crippen molar-refractivity contribution in [3.8, 4) is 5.75 Å². The van der Waals surface area contributed by atoms with Crippen molar-refractivity contribution in [2.45, 2.75) is 12.5 Å². The first kappa shape index (κ1) is 13.4. The highest BCUT2D eigenvalue weighted by atomic mass is 19.1. The van der Waals surface area contributed by atoms with E-state index in [9.17, 15) is 9.18 Å². The summed E-state index contributed by atoms with van der Waals surface area (Å²) in [4.78, 5) is 14.2. The highest BCUT2D eigenvalue weighted by Crippen LogP contribution is 2.29. The maximum atomic E-state index is 14.2. The number of benzene rings is 1. The van der Waals surface area contributed by atoms with Gasteiger partial charge in [-0.05, 0) is 17.7 Å². The Morgan fingerprint density at radius 1 is 1.47 bits per heavy atom. The number of ether oxygens (including phenoxy) is 2. The molecule has 0 aliphatic heterocycles. The molecule has 2 aromatic rings. The monoisotopic (exact) mass is 266 g/mol. The van der Waals surface area contributed by atoms with Gasteiger partial charge < -0.3 is 20.2 Å². The first-order valence-electron chi connectivity index (χ1n) is 5.74. The van der Waals surface area contributed by atoms with Gasteiger partial charge in [0, 0.05) is 23.5 Å². The van der Waals surface area contributed by atoms with Crippen molar-refractivity contribution in [3.05, 3.63) is 29.7 Å². The Labute approximate surface area is 109 Å². The minimum absolute atomic E-state index is 0.153. The van der Waals surface area contributed by atoms with Gasteiger partial charge in [0.2, 0.25) is 0 Å². The molecule has 0 bridgehead atoms. The van der Waals surface area contributed by atoms with E-state index in [-0.39, 0.29) is 12.2 Å². The van der Waals surface area contributed by atoms with Crippen LogP contribution in [-0.4, -0.2) is 31.2 Å². The van der Waals surface area contributed by atoms with Crippen LogP contribution in [0.4, 0.5) is 4.39 Å². The van der Waals surface area contributed by atoms with E-state index < -0.39 is 17.8 Å². The van der Waals surface area contributed by atoms with Crippen molar-refractivity contribution >= 4 is 16.9 Å². The van der Waals surface area contributed by atoms with E-state index in [1.807, 2.05) is 0 Å². The molecule has 19 heavy (non-hydrogen) atoms. The van der Waals surface area contributed by atoms with E-state index in [0.717, 1.165) is 0 Å². The average molecular weight is 266 g/mol. The number of fused-ring (bicyclic) bond motifs is 1. The zero-order valence-electron chi connectivity index (χ0n) is 10.7. The molecule has 0 aliphatic rings. The molecule has 0 saturated heterocycles. The van der Waals surface area contributed by atoms with Crippen molar-refractivity contribution in [2.75, 3.05) is 14.2 Å². The number of aromatic nitrogens is 1. The van der Waals surface area contributed by atoms with E-state index in [4.69, 9.17) is 10.5 Å². The Hall–Kier alpha value is -2.08. The highest BCUT2D eigenvalue weighted by molar-refractivity contribution is 5.86. The van der Waals surface area contributed by atoms with Crippen LogP contribution in [0.25, 0.3) is 10.9 Å². The number of esters is 1. The Kier molecular flexibility index (Phi) is 3.71. The number of rotatable bonds is 4. The fraction of sp³-hybridized carbons (Fsp3) is 0.308. The summed E-state index contributed by atoms with van der Waals surface area (Å²) >= 11 is 0. The van der Waals surface area contributed by atoms with Gasteiger partial charge in [-0.15, -0.1) is 0 Å². The molecule has 5 nitrogen and oxygen atoms in total. The maximum Gasteiger partial charge on any atom is 0.322 e. The second-order valence-electron chi connectivity index (χ2n) is 4.15. The summed E-state index contributed by atoms with van der Waals surface area (Å²) < 4.78 is 23.7. The molecule has 0 fully saturated rings. The lowest BCUT2D eigenvalue weighted by Crippen LogP contribution is -2.33. The number of H-pyrrole nitrogens is 1. The molecule has 0 unspecified atom stereocenters. The Morgan fingerprint density at radius 3 is 2.84 bits per heavy atom.